The Labute approximate surface area is 195 Å². The molecular weight excluding hydrogens is 444 g/mol. The number of ether oxygens (including phenoxy) is 2. The molecule has 0 amide bonds. The standard InChI is InChI=1S/C24H38O6SSi/c1-13(2)32(14(3)4,15(5)6)30-22-20-19-18(28-23(20)29-24(22,7)8)11-10-16(21(19)26)17(25)12-31(9)27/h10-11,13-15,20,22-23,26H,12H2,1-9H3/t20-,22+,23+,31?/m0/s1. The van der Waals surface area contributed by atoms with Crippen LogP contribution in [0.5, 0.6) is 11.5 Å². The Hall–Kier alpha value is -1.22. The Bertz CT molecular complexity index is 888. The molecule has 6 nitrogen and oxygen atoms in total. The molecule has 180 valence electrons. The molecule has 0 bridgehead atoms. The maximum Gasteiger partial charge on any atom is 0.210 e. The van der Waals surface area contributed by atoms with Crippen molar-refractivity contribution in [3.63, 3.8) is 0 Å². The third-order valence-corrected chi connectivity index (χ3v) is 13.9. The number of Topliss-reactive ketones (excluding diaryl/α,β-unsaturated/α-hetero) is 1. The highest BCUT2D eigenvalue weighted by Gasteiger charge is 2.60. The van der Waals surface area contributed by atoms with E-state index in [0.717, 1.165) is 0 Å². The van der Waals surface area contributed by atoms with Crippen LogP contribution in [0.1, 0.15) is 77.2 Å². The van der Waals surface area contributed by atoms with E-state index in [1.54, 1.807) is 12.1 Å². The summed E-state index contributed by atoms with van der Waals surface area (Å²) >= 11 is 0. The predicted molar refractivity (Wildman–Crippen MR) is 130 cm³/mol. The normalized spacial score (nSPS) is 25.2. The molecule has 1 N–H and O–H groups in total. The Balaban J connectivity index is 2.09. The monoisotopic (exact) mass is 482 g/mol. The second-order valence-electron chi connectivity index (χ2n) is 10.6. The Morgan fingerprint density at radius 3 is 2.22 bits per heavy atom. The first-order chi connectivity index (χ1) is 14.7. The highest BCUT2D eigenvalue weighted by Crippen LogP contribution is 2.57. The van der Waals surface area contributed by atoms with Gasteiger partial charge in [-0.1, -0.05) is 41.5 Å². The van der Waals surface area contributed by atoms with Gasteiger partial charge in [-0.25, -0.2) is 0 Å². The quantitative estimate of drug-likeness (QED) is 0.409. The van der Waals surface area contributed by atoms with E-state index < -0.39 is 31.0 Å². The lowest BCUT2D eigenvalue weighted by Crippen LogP contribution is -2.54. The van der Waals surface area contributed by atoms with Crippen molar-refractivity contribution in [3.8, 4) is 11.5 Å². The molecule has 2 aliphatic rings. The Kier molecular flexibility index (Phi) is 7.03. The van der Waals surface area contributed by atoms with E-state index in [2.05, 4.69) is 41.5 Å². The fourth-order valence-electron chi connectivity index (χ4n) is 5.87. The fraction of sp³-hybridized carbons (Fsp3) is 0.708. The van der Waals surface area contributed by atoms with Crippen LogP contribution in [0.2, 0.25) is 16.6 Å². The zero-order valence-corrected chi connectivity index (χ0v) is 22.5. The van der Waals surface area contributed by atoms with Crippen LogP contribution in [0, 0.1) is 0 Å². The number of carbonyl (C=O) groups is 1. The number of aromatic hydroxyl groups is 1. The van der Waals surface area contributed by atoms with Crippen molar-refractivity contribution in [1.82, 2.24) is 0 Å². The van der Waals surface area contributed by atoms with Gasteiger partial charge in [-0.3, -0.25) is 9.00 Å². The summed E-state index contributed by atoms with van der Waals surface area (Å²) in [5.74, 6) is -0.413. The minimum atomic E-state index is -2.26. The van der Waals surface area contributed by atoms with E-state index in [1.807, 2.05) is 13.8 Å². The number of benzene rings is 1. The molecule has 1 unspecified atom stereocenters. The molecule has 2 aliphatic heterocycles. The number of fused-ring (bicyclic) bond motifs is 3. The molecule has 0 aromatic heterocycles. The van der Waals surface area contributed by atoms with Crippen molar-refractivity contribution in [2.75, 3.05) is 12.0 Å². The molecular formula is C24H38O6SSi. The molecule has 0 radical (unpaired) electrons. The summed E-state index contributed by atoms with van der Waals surface area (Å²) in [7, 11) is -3.55. The van der Waals surface area contributed by atoms with Crippen LogP contribution in [0.25, 0.3) is 0 Å². The predicted octanol–water partition coefficient (Wildman–Crippen LogP) is 5.13. The first kappa shape index (κ1) is 25.4. The summed E-state index contributed by atoms with van der Waals surface area (Å²) in [5.41, 5.74) is 1.28. The SMILES string of the molecule is CC(C)[Si](O[C@@H]1[C@@H]2c3c(ccc(C(=O)CS(C)=O)c3O)O[C@@H]2OC1(C)C)(C(C)C)C(C)C. The molecule has 1 fully saturated rings. The molecule has 2 heterocycles. The van der Waals surface area contributed by atoms with Gasteiger partial charge in [0.05, 0.1) is 28.9 Å². The number of rotatable bonds is 8. The van der Waals surface area contributed by atoms with Crippen molar-refractivity contribution in [2.45, 2.75) is 95.9 Å². The summed E-state index contributed by atoms with van der Waals surface area (Å²) in [6.45, 7) is 17.5. The number of hydrogen-bond donors (Lipinski definition) is 1. The van der Waals surface area contributed by atoms with Crippen LogP contribution in [-0.4, -0.2) is 53.4 Å². The molecule has 4 atom stereocenters. The third-order valence-electron chi connectivity index (χ3n) is 7.15. The molecule has 1 aromatic rings. The van der Waals surface area contributed by atoms with Crippen molar-refractivity contribution >= 4 is 24.9 Å². The number of phenolic OH excluding ortho intramolecular Hbond substituents is 1. The molecule has 0 aliphatic carbocycles. The Morgan fingerprint density at radius 1 is 1.16 bits per heavy atom. The minimum absolute atomic E-state index is 0.105. The fourth-order valence-corrected chi connectivity index (χ4v) is 12.1. The van der Waals surface area contributed by atoms with Gasteiger partial charge in [0.15, 0.2) is 5.78 Å². The van der Waals surface area contributed by atoms with Crippen LogP contribution in [0.4, 0.5) is 0 Å². The van der Waals surface area contributed by atoms with E-state index in [4.69, 9.17) is 13.9 Å². The second-order valence-corrected chi connectivity index (χ2v) is 17.4. The van der Waals surface area contributed by atoms with Gasteiger partial charge in [-0.15, -0.1) is 0 Å². The molecule has 1 saturated heterocycles. The minimum Gasteiger partial charge on any atom is -0.507 e. The first-order valence-corrected chi connectivity index (χ1v) is 15.3. The number of carbonyl (C=O) groups excluding carboxylic acids is 1. The summed E-state index contributed by atoms with van der Waals surface area (Å²) in [5, 5.41) is 11.2. The van der Waals surface area contributed by atoms with Gasteiger partial charge in [0.25, 0.3) is 0 Å². The van der Waals surface area contributed by atoms with Crippen molar-refractivity contribution < 1.29 is 28.0 Å². The lowest BCUT2D eigenvalue weighted by Gasteiger charge is -2.46. The maximum absolute atomic E-state index is 12.6. The molecule has 3 rings (SSSR count). The van der Waals surface area contributed by atoms with Crippen molar-refractivity contribution in [1.29, 1.82) is 0 Å². The van der Waals surface area contributed by atoms with E-state index in [1.165, 1.54) is 6.26 Å². The molecule has 8 heteroatoms. The summed E-state index contributed by atoms with van der Waals surface area (Å²) in [6.07, 6.45) is 0.566. The van der Waals surface area contributed by atoms with Crippen molar-refractivity contribution in [2.24, 2.45) is 0 Å². The van der Waals surface area contributed by atoms with E-state index >= 15 is 0 Å². The highest BCUT2D eigenvalue weighted by atomic mass is 32.2. The van der Waals surface area contributed by atoms with Gasteiger partial charge in [-0.05, 0) is 42.6 Å². The van der Waals surface area contributed by atoms with Gasteiger partial charge in [0, 0.05) is 22.6 Å². The first-order valence-electron chi connectivity index (χ1n) is 11.4. The molecule has 0 spiro atoms. The third kappa shape index (κ3) is 4.08. The van der Waals surface area contributed by atoms with E-state index in [-0.39, 0.29) is 34.9 Å². The summed E-state index contributed by atoms with van der Waals surface area (Å²) in [4.78, 5) is 12.6. The van der Waals surface area contributed by atoms with Gasteiger partial charge in [0.1, 0.15) is 11.5 Å². The van der Waals surface area contributed by atoms with Crippen LogP contribution < -0.4 is 4.74 Å². The number of phenols is 1. The van der Waals surface area contributed by atoms with Gasteiger partial charge < -0.3 is 19.0 Å². The number of ketones is 1. The zero-order chi connectivity index (χ0) is 24.2. The Morgan fingerprint density at radius 2 is 1.72 bits per heavy atom. The van der Waals surface area contributed by atoms with Gasteiger partial charge >= 0.3 is 0 Å². The molecule has 1 aromatic carbocycles. The second kappa shape index (κ2) is 8.85. The topological polar surface area (TPSA) is 82.1 Å². The van der Waals surface area contributed by atoms with Gasteiger partial charge in [-0.2, -0.15) is 0 Å². The van der Waals surface area contributed by atoms with Crippen LogP contribution in [0.15, 0.2) is 12.1 Å². The largest absolute Gasteiger partial charge is 0.507 e. The van der Waals surface area contributed by atoms with Gasteiger partial charge in [0.2, 0.25) is 14.6 Å². The molecule has 0 saturated carbocycles. The van der Waals surface area contributed by atoms with Crippen LogP contribution >= 0.6 is 0 Å². The zero-order valence-electron chi connectivity index (χ0n) is 20.7. The van der Waals surface area contributed by atoms with Crippen LogP contribution in [0.3, 0.4) is 0 Å². The highest BCUT2D eigenvalue weighted by molar-refractivity contribution is 7.85. The number of hydrogen-bond acceptors (Lipinski definition) is 6. The van der Waals surface area contributed by atoms with E-state index in [9.17, 15) is 14.1 Å². The average molecular weight is 483 g/mol. The summed E-state index contributed by atoms with van der Waals surface area (Å²) in [6, 6.07) is 3.24. The lowest BCUT2D eigenvalue weighted by atomic mass is 9.86. The molecule has 32 heavy (non-hydrogen) atoms. The van der Waals surface area contributed by atoms with E-state index in [0.29, 0.717) is 27.9 Å². The van der Waals surface area contributed by atoms with Crippen molar-refractivity contribution in [3.05, 3.63) is 23.3 Å². The average Bonchev–Trinajstić information content (AvgIpc) is 3.09. The van der Waals surface area contributed by atoms with Crippen LogP contribution in [-0.2, 0) is 20.0 Å². The summed E-state index contributed by atoms with van der Waals surface area (Å²) < 4.78 is 31.1. The maximum atomic E-state index is 12.6. The lowest BCUT2D eigenvalue weighted by molar-refractivity contribution is -0.117. The smallest absolute Gasteiger partial charge is 0.210 e.